The molecule has 2 aromatic rings. The lowest BCUT2D eigenvalue weighted by Crippen LogP contribution is -2.26. The van der Waals surface area contributed by atoms with Crippen LogP contribution in [0.15, 0.2) is 18.6 Å². The van der Waals surface area contributed by atoms with Crippen molar-refractivity contribution in [2.75, 3.05) is 13.7 Å². The summed E-state index contributed by atoms with van der Waals surface area (Å²) in [5, 5.41) is 11.3. The number of hydrogen-bond acceptors (Lipinski definition) is 5. The molecule has 0 radical (unpaired) electrons. The zero-order chi connectivity index (χ0) is 13.9. The molecule has 7 heteroatoms. The molecular formula is C13H20N6O. The molecule has 1 aliphatic rings. The molecule has 7 nitrogen and oxygen atoms in total. The van der Waals surface area contributed by atoms with Gasteiger partial charge in [-0.1, -0.05) is 0 Å². The first kappa shape index (κ1) is 13.3. The van der Waals surface area contributed by atoms with Crippen molar-refractivity contribution in [3.63, 3.8) is 0 Å². The van der Waals surface area contributed by atoms with E-state index in [1.807, 2.05) is 10.9 Å². The maximum absolute atomic E-state index is 5.52. The van der Waals surface area contributed by atoms with Gasteiger partial charge in [0.1, 0.15) is 12.2 Å². The van der Waals surface area contributed by atoms with Crippen molar-refractivity contribution >= 4 is 0 Å². The Morgan fingerprint density at radius 3 is 3.10 bits per heavy atom. The number of nitrogens with zero attached hydrogens (tertiary/aromatic N) is 5. The van der Waals surface area contributed by atoms with Gasteiger partial charge in [0.15, 0.2) is 0 Å². The second-order valence-electron chi connectivity index (χ2n) is 5.05. The minimum absolute atomic E-state index is 0.225. The van der Waals surface area contributed by atoms with Crippen molar-refractivity contribution in [1.82, 2.24) is 29.9 Å². The lowest BCUT2D eigenvalue weighted by molar-refractivity contribution is 0.107. The molecule has 2 atom stereocenters. The number of rotatable bonds is 5. The maximum Gasteiger partial charge on any atom is 0.141 e. The van der Waals surface area contributed by atoms with E-state index in [-0.39, 0.29) is 12.1 Å². The summed E-state index contributed by atoms with van der Waals surface area (Å²) in [6.45, 7) is 4.74. The lowest BCUT2D eigenvalue weighted by atomic mass is 10.2. The molecule has 1 N–H and O–H groups in total. The van der Waals surface area contributed by atoms with Crippen LogP contribution in [0.5, 0.6) is 0 Å². The minimum Gasteiger partial charge on any atom is -0.380 e. The summed E-state index contributed by atoms with van der Waals surface area (Å²) in [5.74, 6) is 0.909. The van der Waals surface area contributed by atoms with E-state index in [2.05, 4.69) is 38.2 Å². The van der Waals surface area contributed by atoms with Gasteiger partial charge in [0, 0.05) is 32.9 Å². The molecule has 0 saturated carbocycles. The molecule has 0 spiro atoms. The molecule has 20 heavy (non-hydrogen) atoms. The molecular weight excluding hydrogens is 256 g/mol. The molecule has 3 rings (SSSR count). The normalized spacial score (nSPS) is 23.5. The van der Waals surface area contributed by atoms with Crippen LogP contribution in [0.4, 0.5) is 0 Å². The van der Waals surface area contributed by atoms with Crippen molar-refractivity contribution in [2.24, 2.45) is 0 Å². The second kappa shape index (κ2) is 5.72. The van der Waals surface area contributed by atoms with Gasteiger partial charge in [0.2, 0.25) is 0 Å². The van der Waals surface area contributed by atoms with Crippen LogP contribution in [-0.4, -0.2) is 49.6 Å². The fourth-order valence-electron chi connectivity index (χ4n) is 2.85. The molecule has 0 amide bonds. The maximum atomic E-state index is 5.52. The quantitative estimate of drug-likeness (QED) is 0.881. The Labute approximate surface area is 117 Å². The van der Waals surface area contributed by atoms with Crippen molar-refractivity contribution < 1.29 is 4.74 Å². The Hall–Kier alpha value is -1.73. The Morgan fingerprint density at radius 2 is 2.40 bits per heavy atom. The van der Waals surface area contributed by atoms with E-state index >= 15 is 0 Å². The van der Waals surface area contributed by atoms with E-state index in [9.17, 15) is 0 Å². The van der Waals surface area contributed by atoms with Crippen LogP contribution in [0.1, 0.15) is 30.9 Å². The van der Waals surface area contributed by atoms with Gasteiger partial charge in [0.25, 0.3) is 0 Å². The molecule has 0 aromatic carbocycles. The Kier molecular flexibility index (Phi) is 3.79. The van der Waals surface area contributed by atoms with Crippen LogP contribution in [0, 0.1) is 0 Å². The summed E-state index contributed by atoms with van der Waals surface area (Å²) < 4.78 is 7.54. The number of aromatic amines is 1. The topological polar surface area (TPSA) is 71.9 Å². The zero-order valence-corrected chi connectivity index (χ0v) is 11.9. The van der Waals surface area contributed by atoms with Crippen molar-refractivity contribution in [1.29, 1.82) is 0 Å². The van der Waals surface area contributed by atoms with Crippen LogP contribution in [-0.2, 0) is 17.8 Å². The first-order valence-electron chi connectivity index (χ1n) is 6.94. The van der Waals surface area contributed by atoms with Gasteiger partial charge in [-0.3, -0.25) is 14.7 Å². The molecule has 1 fully saturated rings. The smallest absolute Gasteiger partial charge is 0.141 e. The fraction of sp³-hybridized carbons (Fsp3) is 0.615. The van der Waals surface area contributed by atoms with Crippen LogP contribution < -0.4 is 0 Å². The summed E-state index contributed by atoms with van der Waals surface area (Å²) in [5.41, 5.74) is 1.22. The third-order valence-electron chi connectivity index (χ3n) is 3.92. The lowest BCUT2D eigenvalue weighted by Gasteiger charge is -2.22. The highest BCUT2D eigenvalue weighted by molar-refractivity contribution is 5.05. The summed E-state index contributed by atoms with van der Waals surface area (Å²) >= 11 is 0. The summed E-state index contributed by atoms with van der Waals surface area (Å²) in [6.07, 6.45) is 4.59. The highest BCUT2D eigenvalue weighted by atomic mass is 16.5. The van der Waals surface area contributed by atoms with Gasteiger partial charge in [-0.05, 0) is 19.4 Å². The molecule has 1 aliphatic heterocycles. The minimum atomic E-state index is 0.225. The van der Waals surface area contributed by atoms with Gasteiger partial charge in [-0.15, -0.1) is 0 Å². The van der Waals surface area contributed by atoms with Crippen LogP contribution in [0.25, 0.3) is 0 Å². The predicted octanol–water partition coefficient (Wildman–Crippen LogP) is 0.983. The zero-order valence-electron chi connectivity index (χ0n) is 11.9. The van der Waals surface area contributed by atoms with Gasteiger partial charge < -0.3 is 4.74 Å². The Morgan fingerprint density at radius 1 is 1.50 bits per heavy atom. The van der Waals surface area contributed by atoms with Crippen LogP contribution in [0.2, 0.25) is 0 Å². The molecule has 1 saturated heterocycles. The van der Waals surface area contributed by atoms with E-state index in [1.165, 1.54) is 5.69 Å². The molecule has 108 valence electrons. The average molecular weight is 276 g/mol. The summed E-state index contributed by atoms with van der Waals surface area (Å²) in [6, 6.07) is 2.30. The van der Waals surface area contributed by atoms with Crippen molar-refractivity contribution in [3.05, 3.63) is 30.1 Å². The van der Waals surface area contributed by atoms with E-state index in [0.717, 1.165) is 31.9 Å². The Bertz CT molecular complexity index is 537. The number of aromatic nitrogens is 5. The third kappa shape index (κ3) is 2.46. The van der Waals surface area contributed by atoms with E-state index in [1.54, 1.807) is 13.4 Å². The van der Waals surface area contributed by atoms with Crippen LogP contribution >= 0.6 is 0 Å². The molecule has 0 unspecified atom stereocenters. The number of aryl methyl sites for hydroxylation is 1. The third-order valence-corrected chi connectivity index (χ3v) is 3.92. The largest absolute Gasteiger partial charge is 0.380 e. The van der Waals surface area contributed by atoms with E-state index in [4.69, 9.17) is 4.74 Å². The average Bonchev–Trinajstić information content (AvgIpc) is 3.19. The van der Waals surface area contributed by atoms with Gasteiger partial charge in [-0.2, -0.15) is 10.2 Å². The van der Waals surface area contributed by atoms with Crippen molar-refractivity contribution in [3.8, 4) is 0 Å². The SMILES string of the molecule is CCn1nccc1CN1C[C@H](OC)C[C@H]1c1ncn[nH]1. The van der Waals surface area contributed by atoms with E-state index in [0.29, 0.717) is 0 Å². The first-order valence-corrected chi connectivity index (χ1v) is 6.94. The first-order chi connectivity index (χ1) is 9.81. The molecule has 0 bridgehead atoms. The standard InChI is InChI=1S/C13H20N6O/c1-3-19-10(4-5-16-19)7-18-8-11(20-2)6-12(18)13-14-9-15-17-13/h4-5,9,11-12H,3,6-8H2,1-2H3,(H,14,15,17)/t11-,12+/m1/s1. The van der Waals surface area contributed by atoms with Gasteiger partial charge >= 0.3 is 0 Å². The van der Waals surface area contributed by atoms with Crippen LogP contribution in [0.3, 0.4) is 0 Å². The number of ether oxygens (including phenoxy) is 1. The molecule has 2 aromatic heterocycles. The second-order valence-corrected chi connectivity index (χ2v) is 5.05. The highest BCUT2D eigenvalue weighted by Gasteiger charge is 2.35. The summed E-state index contributed by atoms with van der Waals surface area (Å²) in [4.78, 5) is 6.68. The monoisotopic (exact) mass is 276 g/mol. The fourth-order valence-corrected chi connectivity index (χ4v) is 2.85. The van der Waals surface area contributed by atoms with E-state index < -0.39 is 0 Å². The summed E-state index contributed by atoms with van der Waals surface area (Å²) in [7, 11) is 1.77. The predicted molar refractivity (Wildman–Crippen MR) is 72.8 cm³/mol. The number of likely N-dealkylation sites (tertiary alicyclic amines) is 1. The highest BCUT2D eigenvalue weighted by Crippen LogP contribution is 2.32. The van der Waals surface area contributed by atoms with Gasteiger partial charge in [-0.25, -0.2) is 4.98 Å². The molecule has 0 aliphatic carbocycles. The number of methoxy groups -OCH3 is 1. The Balaban J connectivity index is 1.79. The van der Waals surface area contributed by atoms with Gasteiger partial charge in [0.05, 0.1) is 17.8 Å². The number of H-pyrrole nitrogens is 1. The molecule has 3 heterocycles. The number of nitrogens with one attached hydrogen (secondary N) is 1. The van der Waals surface area contributed by atoms with Crippen molar-refractivity contribution in [2.45, 2.75) is 38.6 Å². The number of hydrogen-bond donors (Lipinski definition) is 1.